The van der Waals surface area contributed by atoms with Crippen molar-refractivity contribution in [3.8, 4) is 0 Å². The van der Waals surface area contributed by atoms with Crippen molar-refractivity contribution >= 4 is 11.9 Å². The molecule has 0 saturated heterocycles. The Balaban J connectivity index is 2.70. The molecule has 1 aromatic rings. The number of hydrogen-bond acceptors (Lipinski definition) is 3. The molecule has 1 aromatic carbocycles. The van der Waals surface area contributed by atoms with E-state index in [9.17, 15) is 9.59 Å². The third kappa shape index (κ3) is 6.43. The predicted octanol–water partition coefficient (Wildman–Crippen LogP) is 3.79. The second-order valence-corrected chi connectivity index (χ2v) is 6.73. The Labute approximate surface area is 139 Å². The summed E-state index contributed by atoms with van der Waals surface area (Å²) in [5.74, 6) is -0.736. The van der Waals surface area contributed by atoms with E-state index >= 15 is 0 Å². The van der Waals surface area contributed by atoms with Gasteiger partial charge in [-0.05, 0) is 39.2 Å². The van der Waals surface area contributed by atoms with Crippen LogP contribution in [0.3, 0.4) is 0 Å². The van der Waals surface area contributed by atoms with Crippen molar-refractivity contribution in [3.05, 3.63) is 35.4 Å². The van der Waals surface area contributed by atoms with E-state index in [1.807, 2.05) is 65.8 Å². The standard InChI is InChI=1S/C19H29NO3/c1-12(2)17(11-18(21)23-13(3)4)19(22)20-15(6)16-9-7-14(5)8-10-16/h7-10,12-13,15,17H,11H2,1-6H3,(H,20,22)/t15?,17-/m1/s1. The normalized spacial score (nSPS) is 13.7. The Kier molecular flexibility index (Phi) is 7.27. The van der Waals surface area contributed by atoms with Crippen LogP contribution in [0.4, 0.5) is 0 Å². The number of nitrogens with one attached hydrogen (secondary N) is 1. The van der Waals surface area contributed by atoms with Crippen LogP contribution in [0.25, 0.3) is 0 Å². The Morgan fingerprint density at radius 3 is 2.09 bits per heavy atom. The van der Waals surface area contributed by atoms with Gasteiger partial charge in [-0.1, -0.05) is 43.7 Å². The van der Waals surface area contributed by atoms with E-state index in [0.717, 1.165) is 5.56 Å². The number of benzene rings is 1. The Hall–Kier alpha value is -1.84. The van der Waals surface area contributed by atoms with Crippen LogP contribution >= 0.6 is 0 Å². The van der Waals surface area contributed by atoms with Gasteiger partial charge in [-0.2, -0.15) is 0 Å². The Morgan fingerprint density at radius 2 is 1.61 bits per heavy atom. The number of aryl methyl sites for hydroxylation is 1. The summed E-state index contributed by atoms with van der Waals surface area (Å²) in [6.45, 7) is 11.5. The summed E-state index contributed by atoms with van der Waals surface area (Å²) in [6.07, 6.45) is -0.0488. The quantitative estimate of drug-likeness (QED) is 0.778. The van der Waals surface area contributed by atoms with Gasteiger partial charge < -0.3 is 10.1 Å². The van der Waals surface area contributed by atoms with Crippen molar-refractivity contribution in [2.24, 2.45) is 11.8 Å². The largest absolute Gasteiger partial charge is 0.463 e. The van der Waals surface area contributed by atoms with Crippen LogP contribution in [-0.4, -0.2) is 18.0 Å². The zero-order valence-electron chi connectivity index (χ0n) is 15.1. The SMILES string of the molecule is Cc1ccc(C(C)NC(=O)[C@H](CC(=O)OC(C)C)C(C)C)cc1. The third-order valence-corrected chi connectivity index (χ3v) is 3.83. The van der Waals surface area contributed by atoms with Crippen molar-refractivity contribution in [1.82, 2.24) is 5.32 Å². The summed E-state index contributed by atoms with van der Waals surface area (Å²) in [6, 6.07) is 7.98. The zero-order chi connectivity index (χ0) is 17.6. The smallest absolute Gasteiger partial charge is 0.306 e. The molecule has 0 fully saturated rings. The van der Waals surface area contributed by atoms with Gasteiger partial charge in [-0.25, -0.2) is 0 Å². The van der Waals surface area contributed by atoms with Crippen LogP contribution in [0.5, 0.6) is 0 Å². The van der Waals surface area contributed by atoms with E-state index in [2.05, 4.69) is 5.32 Å². The molecule has 128 valence electrons. The fourth-order valence-corrected chi connectivity index (χ4v) is 2.38. The van der Waals surface area contributed by atoms with Gasteiger partial charge >= 0.3 is 5.97 Å². The summed E-state index contributed by atoms with van der Waals surface area (Å²) < 4.78 is 5.16. The van der Waals surface area contributed by atoms with E-state index in [1.54, 1.807) is 0 Å². The van der Waals surface area contributed by atoms with Crippen LogP contribution in [0, 0.1) is 18.8 Å². The molecule has 0 aliphatic carbocycles. The molecule has 1 N–H and O–H groups in total. The zero-order valence-corrected chi connectivity index (χ0v) is 15.1. The lowest BCUT2D eigenvalue weighted by Gasteiger charge is -2.23. The minimum absolute atomic E-state index is 0.0694. The molecular formula is C19H29NO3. The van der Waals surface area contributed by atoms with E-state index < -0.39 is 0 Å². The molecule has 1 amide bonds. The molecule has 23 heavy (non-hydrogen) atoms. The van der Waals surface area contributed by atoms with Gasteiger partial charge in [0, 0.05) is 0 Å². The van der Waals surface area contributed by atoms with Gasteiger partial charge in [0.05, 0.1) is 24.5 Å². The van der Waals surface area contributed by atoms with E-state index in [0.29, 0.717) is 0 Å². The molecule has 0 saturated carbocycles. The molecule has 0 aromatic heterocycles. The highest BCUT2D eigenvalue weighted by Crippen LogP contribution is 2.20. The van der Waals surface area contributed by atoms with Crippen LogP contribution in [-0.2, 0) is 14.3 Å². The molecule has 1 rings (SSSR count). The second kappa shape index (κ2) is 8.70. The van der Waals surface area contributed by atoms with Crippen LogP contribution in [0.1, 0.15) is 58.2 Å². The first-order valence-corrected chi connectivity index (χ1v) is 8.27. The molecule has 4 heteroatoms. The number of rotatable bonds is 7. The Morgan fingerprint density at radius 1 is 1.04 bits per heavy atom. The van der Waals surface area contributed by atoms with Crippen molar-refractivity contribution in [1.29, 1.82) is 0 Å². The first-order valence-electron chi connectivity index (χ1n) is 8.27. The average Bonchev–Trinajstić information content (AvgIpc) is 2.44. The van der Waals surface area contributed by atoms with Crippen molar-refractivity contribution in [3.63, 3.8) is 0 Å². The lowest BCUT2D eigenvalue weighted by atomic mass is 9.91. The lowest BCUT2D eigenvalue weighted by Crippen LogP contribution is -2.37. The Bertz CT molecular complexity index is 520. The van der Waals surface area contributed by atoms with Gasteiger partial charge in [0.15, 0.2) is 0 Å². The molecule has 1 unspecified atom stereocenters. The summed E-state index contributed by atoms with van der Waals surface area (Å²) in [7, 11) is 0. The van der Waals surface area contributed by atoms with Gasteiger partial charge in [0.2, 0.25) is 5.91 Å². The summed E-state index contributed by atoms with van der Waals surface area (Å²) in [4.78, 5) is 24.4. The maximum atomic E-state index is 12.5. The number of ether oxygens (including phenoxy) is 1. The predicted molar refractivity (Wildman–Crippen MR) is 91.9 cm³/mol. The minimum atomic E-state index is -0.380. The third-order valence-electron chi connectivity index (χ3n) is 3.83. The summed E-state index contributed by atoms with van der Waals surface area (Å²) >= 11 is 0. The fourth-order valence-electron chi connectivity index (χ4n) is 2.38. The molecule has 0 radical (unpaired) electrons. The lowest BCUT2D eigenvalue weighted by molar-refractivity contribution is -0.151. The number of hydrogen-bond donors (Lipinski definition) is 1. The number of carbonyl (C=O) groups is 2. The van der Waals surface area contributed by atoms with Gasteiger partial charge in [0.1, 0.15) is 0 Å². The number of amides is 1. The highest BCUT2D eigenvalue weighted by Gasteiger charge is 2.27. The molecule has 0 heterocycles. The average molecular weight is 319 g/mol. The van der Waals surface area contributed by atoms with E-state index in [4.69, 9.17) is 4.74 Å². The molecule has 4 nitrogen and oxygen atoms in total. The van der Waals surface area contributed by atoms with E-state index in [1.165, 1.54) is 5.56 Å². The number of esters is 1. The molecule has 0 aliphatic rings. The first-order chi connectivity index (χ1) is 10.7. The highest BCUT2D eigenvalue weighted by atomic mass is 16.5. The van der Waals surface area contributed by atoms with Crippen LogP contribution in [0.2, 0.25) is 0 Å². The van der Waals surface area contributed by atoms with Crippen LogP contribution in [0.15, 0.2) is 24.3 Å². The number of carbonyl (C=O) groups excluding carboxylic acids is 2. The van der Waals surface area contributed by atoms with Gasteiger partial charge in [-0.3, -0.25) is 9.59 Å². The minimum Gasteiger partial charge on any atom is -0.463 e. The van der Waals surface area contributed by atoms with Gasteiger partial charge in [-0.15, -0.1) is 0 Å². The monoisotopic (exact) mass is 319 g/mol. The van der Waals surface area contributed by atoms with Gasteiger partial charge in [0.25, 0.3) is 0 Å². The maximum Gasteiger partial charge on any atom is 0.306 e. The summed E-state index contributed by atoms with van der Waals surface area (Å²) in [5.41, 5.74) is 2.24. The second-order valence-electron chi connectivity index (χ2n) is 6.73. The maximum absolute atomic E-state index is 12.5. The molecule has 0 aliphatic heterocycles. The van der Waals surface area contributed by atoms with Crippen molar-refractivity contribution in [2.75, 3.05) is 0 Å². The molecule has 0 bridgehead atoms. The molecular weight excluding hydrogens is 290 g/mol. The summed E-state index contributed by atoms with van der Waals surface area (Å²) in [5, 5.41) is 3.01. The van der Waals surface area contributed by atoms with Crippen LogP contribution < -0.4 is 5.32 Å². The van der Waals surface area contributed by atoms with Crippen molar-refractivity contribution in [2.45, 2.75) is 60.1 Å². The first kappa shape index (κ1) is 19.2. The molecule has 2 atom stereocenters. The van der Waals surface area contributed by atoms with Crippen molar-refractivity contribution < 1.29 is 14.3 Å². The van der Waals surface area contributed by atoms with E-state index in [-0.39, 0.29) is 42.3 Å². The molecule has 0 spiro atoms. The fraction of sp³-hybridized carbons (Fsp3) is 0.579. The topological polar surface area (TPSA) is 55.4 Å². The highest BCUT2D eigenvalue weighted by molar-refractivity contribution is 5.84.